The molecule has 128 valence electrons. The minimum absolute atomic E-state index is 0.0181. The van der Waals surface area contributed by atoms with Gasteiger partial charge in [0.15, 0.2) is 21.3 Å². The van der Waals surface area contributed by atoms with Gasteiger partial charge in [-0.3, -0.25) is 5.43 Å². The van der Waals surface area contributed by atoms with Gasteiger partial charge < -0.3 is 19.7 Å². The molecule has 2 atom stereocenters. The summed E-state index contributed by atoms with van der Waals surface area (Å²) in [5, 5.41) is 18.5. The molecule has 10 heteroatoms. The van der Waals surface area contributed by atoms with Crippen molar-refractivity contribution in [1.29, 1.82) is 0 Å². The molecule has 0 radical (unpaired) electrons. The van der Waals surface area contributed by atoms with Crippen molar-refractivity contribution < 1.29 is 32.9 Å². The summed E-state index contributed by atoms with van der Waals surface area (Å²) in [7, 11) is -0.934. The molecule has 1 saturated heterocycles. The number of rotatable bonds is 5. The molecule has 1 aromatic rings. The van der Waals surface area contributed by atoms with Gasteiger partial charge in [0.1, 0.15) is 6.23 Å². The third-order valence-electron chi connectivity index (χ3n) is 3.60. The smallest absolute Gasteiger partial charge is 0.419 e. The standard InChI is InChI=1S/C13H18N2O7S/c1-21-10-4-3-8(5-11(10)22-2)23(19,20)9-6-12(16)15(7-9)14-13(17)18/h3-5,9,12,14,16H,6-7H2,1-2H3,(H,17,18)/t9-,12-/m1/s1. The van der Waals surface area contributed by atoms with Crippen LogP contribution in [-0.2, 0) is 9.84 Å². The van der Waals surface area contributed by atoms with Gasteiger partial charge in [0.25, 0.3) is 0 Å². The largest absolute Gasteiger partial charge is 0.493 e. The summed E-state index contributed by atoms with van der Waals surface area (Å²) in [6.45, 7) is -0.149. The second-order valence-corrected chi connectivity index (χ2v) is 7.20. The van der Waals surface area contributed by atoms with Crippen LogP contribution in [0, 0.1) is 0 Å². The SMILES string of the molecule is COc1ccc(S(=O)(=O)[C@@H]2C[C@@H](O)N(NC(=O)O)C2)cc1OC. The zero-order chi connectivity index (χ0) is 17.2. The number of amides is 1. The Hall–Kier alpha value is -2.04. The van der Waals surface area contributed by atoms with E-state index < -0.39 is 27.4 Å². The zero-order valence-corrected chi connectivity index (χ0v) is 13.4. The van der Waals surface area contributed by atoms with Gasteiger partial charge >= 0.3 is 6.09 Å². The number of nitrogens with one attached hydrogen (secondary N) is 1. The van der Waals surface area contributed by atoms with Gasteiger partial charge in [-0.15, -0.1) is 0 Å². The molecule has 0 saturated carbocycles. The molecule has 3 N–H and O–H groups in total. The molecule has 0 spiro atoms. The maximum absolute atomic E-state index is 12.7. The highest BCUT2D eigenvalue weighted by molar-refractivity contribution is 7.92. The summed E-state index contributed by atoms with van der Waals surface area (Å²) < 4.78 is 35.5. The van der Waals surface area contributed by atoms with Crippen LogP contribution in [-0.4, -0.2) is 62.0 Å². The van der Waals surface area contributed by atoms with Gasteiger partial charge in [-0.2, -0.15) is 5.01 Å². The Morgan fingerprint density at radius 1 is 1.30 bits per heavy atom. The van der Waals surface area contributed by atoms with Gasteiger partial charge in [-0.25, -0.2) is 13.2 Å². The van der Waals surface area contributed by atoms with E-state index in [0.29, 0.717) is 5.75 Å². The van der Waals surface area contributed by atoms with Crippen molar-refractivity contribution in [3.05, 3.63) is 18.2 Å². The number of hydrazine groups is 1. The van der Waals surface area contributed by atoms with Gasteiger partial charge in [-0.05, 0) is 12.1 Å². The van der Waals surface area contributed by atoms with Crippen molar-refractivity contribution in [1.82, 2.24) is 10.4 Å². The topological polar surface area (TPSA) is 125 Å². The molecule has 1 aliphatic heterocycles. The van der Waals surface area contributed by atoms with Crippen molar-refractivity contribution in [2.45, 2.75) is 22.8 Å². The Bertz CT molecular complexity index is 692. The number of methoxy groups -OCH3 is 2. The lowest BCUT2D eigenvalue weighted by Gasteiger charge is -2.18. The highest BCUT2D eigenvalue weighted by Gasteiger charge is 2.40. The van der Waals surface area contributed by atoms with Crippen molar-refractivity contribution >= 4 is 15.9 Å². The molecule has 0 unspecified atom stereocenters. The molecule has 0 aliphatic carbocycles. The van der Waals surface area contributed by atoms with E-state index in [1.165, 1.54) is 32.4 Å². The molecule has 0 aromatic heterocycles. The average Bonchev–Trinajstić information content (AvgIpc) is 2.87. The first-order valence-corrected chi connectivity index (χ1v) is 8.24. The van der Waals surface area contributed by atoms with Crippen LogP contribution in [0.5, 0.6) is 11.5 Å². The van der Waals surface area contributed by atoms with Gasteiger partial charge in [-0.1, -0.05) is 0 Å². The second-order valence-electron chi connectivity index (χ2n) is 4.97. The minimum atomic E-state index is -3.77. The van der Waals surface area contributed by atoms with Gasteiger partial charge in [0.05, 0.1) is 24.4 Å². The summed E-state index contributed by atoms with van der Waals surface area (Å²) in [6.07, 6.45) is -2.67. The van der Waals surface area contributed by atoms with E-state index in [1.807, 2.05) is 5.43 Å². The number of ether oxygens (including phenoxy) is 2. The molecular formula is C13H18N2O7S. The molecule has 1 fully saturated rings. The van der Waals surface area contributed by atoms with Gasteiger partial charge in [0, 0.05) is 19.0 Å². The number of aliphatic hydroxyl groups excluding tert-OH is 1. The Morgan fingerprint density at radius 3 is 2.52 bits per heavy atom. The van der Waals surface area contributed by atoms with Crippen LogP contribution in [0.2, 0.25) is 0 Å². The first-order chi connectivity index (χ1) is 10.8. The lowest BCUT2D eigenvalue weighted by molar-refractivity contribution is 0.00523. The summed E-state index contributed by atoms with van der Waals surface area (Å²) in [5.74, 6) is 0.666. The normalized spacial score (nSPS) is 21.9. The molecule has 9 nitrogen and oxygen atoms in total. The second kappa shape index (κ2) is 6.60. The van der Waals surface area contributed by atoms with Crippen LogP contribution in [0.1, 0.15) is 6.42 Å². The van der Waals surface area contributed by atoms with Crippen LogP contribution >= 0.6 is 0 Å². The summed E-state index contributed by atoms with van der Waals surface area (Å²) in [6, 6.07) is 4.20. The first kappa shape index (κ1) is 17.3. The number of nitrogens with zero attached hydrogens (tertiary/aromatic N) is 1. The predicted octanol–water partition coefficient (Wildman–Crippen LogP) is 0.0528. The summed E-state index contributed by atoms with van der Waals surface area (Å²) >= 11 is 0. The van der Waals surface area contributed by atoms with Crippen LogP contribution in [0.3, 0.4) is 0 Å². The predicted molar refractivity (Wildman–Crippen MR) is 79.0 cm³/mol. The van der Waals surface area contributed by atoms with E-state index in [0.717, 1.165) is 5.01 Å². The lowest BCUT2D eigenvalue weighted by atomic mass is 10.3. The van der Waals surface area contributed by atoms with Crippen molar-refractivity contribution in [3.63, 3.8) is 0 Å². The third-order valence-corrected chi connectivity index (χ3v) is 5.73. The number of sulfone groups is 1. The monoisotopic (exact) mass is 346 g/mol. The molecule has 23 heavy (non-hydrogen) atoms. The summed E-state index contributed by atoms with van der Waals surface area (Å²) in [5.41, 5.74) is 1.98. The van der Waals surface area contributed by atoms with E-state index in [9.17, 15) is 18.3 Å². The molecule has 1 aromatic carbocycles. The fourth-order valence-electron chi connectivity index (χ4n) is 2.43. The number of carboxylic acid groups (broad SMARTS) is 1. The quantitative estimate of drug-likeness (QED) is 0.683. The Balaban J connectivity index is 2.27. The molecule has 1 aliphatic rings. The average molecular weight is 346 g/mol. The van der Waals surface area contributed by atoms with Crippen LogP contribution in [0.15, 0.2) is 23.1 Å². The Kier molecular flexibility index (Phi) is 4.97. The number of aliphatic hydroxyl groups is 1. The van der Waals surface area contributed by atoms with Crippen molar-refractivity contribution in [2.24, 2.45) is 0 Å². The molecule has 1 heterocycles. The molecule has 1 amide bonds. The highest BCUT2D eigenvalue weighted by Crippen LogP contribution is 2.33. The number of hydrogen-bond donors (Lipinski definition) is 3. The van der Waals surface area contributed by atoms with Crippen LogP contribution < -0.4 is 14.9 Å². The molecule has 2 rings (SSSR count). The third kappa shape index (κ3) is 3.49. The van der Waals surface area contributed by atoms with E-state index in [1.54, 1.807) is 0 Å². The Morgan fingerprint density at radius 2 is 1.96 bits per heavy atom. The maximum atomic E-state index is 12.7. The van der Waals surface area contributed by atoms with Crippen molar-refractivity contribution in [2.75, 3.05) is 20.8 Å². The van der Waals surface area contributed by atoms with Gasteiger partial charge in [0.2, 0.25) is 0 Å². The van der Waals surface area contributed by atoms with Crippen LogP contribution in [0.4, 0.5) is 4.79 Å². The van der Waals surface area contributed by atoms with Crippen LogP contribution in [0.25, 0.3) is 0 Å². The van der Waals surface area contributed by atoms with E-state index in [2.05, 4.69) is 0 Å². The minimum Gasteiger partial charge on any atom is -0.493 e. The summed E-state index contributed by atoms with van der Waals surface area (Å²) in [4.78, 5) is 10.7. The van der Waals surface area contributed by atoms with E-state index in [4.69, 9.17) is 14.6 Å². The van der Waals surface area contributed by atoms with Crippen molar-refractivity contribution in [3.8, 4) is 11.5 Å². The number of benzene rings is 1. The fourth-order valence-corrected chi connectivity index (χ4v) is 4.13. The molecular weight excluding hydrogens is 328 g/mol. The molecule has 0 bridgehead atoms. The number of hydrogen-bond acceptors (Lipinski definition) is 7. The fraction of sp³-hybridized carbons (Fsp3) is 0.462. The maximum Gasteiger partial charge on any atom is 0.419 e. The zero-order valence-electron chi connectivity index (χ0n) is 12.6. The van der Waals surface area contributed by atoms with E-state index in [-0.39, 0.29) is 23.6 Å². The van der Waals surface area contributed by atoms with E-state index >= 15 is 0 Å². The number of carbonyl (C=O) groups is 1. The highest BCUT2D eigenvalue weighted by atomic mass is 32.2. The lowest BCUT2D eigenvalue weighted by Crippen LogP contribution is -2.45. The Labute approximate surface area is 133 Å². The first-order valence-electron chi connectivity index (χ1n) is 6.69.